The summed E-state index contributed by atoms with van der Waals surface area (Å²) in [5, 5.41) is 3.31. The molecule has 2 aromatic carbocycles. The number of likely N-dealkylation sites (tertiary alicyclic amines) is 1. The van der Waals surface area contributed by atoms with Gasteiger partial charge in [-0.2, -0.15) is 0 Å². The predicted octanol–water partition coefficient (Wildman–Crippen LogP) is 6.32. The normalized spacial score (nSPS) is 22.8. The monoisotopic (exact) mass is 555 g/mol. The van der Waals surface area contributed by atoms with Crippen LogP contribution in [0.1, 0.15) is 77.2 Å². The first-order valence-corrected chi connectivity index (χ1v) is 16.5. The third-order valence-electron chi connectivity index (χ3n) is 8.34. The van der Waals surface area contributed by atoms with Crippen molar-refractivity contribution in [3.05, 3.63) is 54.1 Å². The van der Waals surface area contributed by atoms with Gasteiger partial charge in [0.25, 0.3) is 0 Å². The maximum Gasteiger partial charge on any atom is 0.229 e. The van der Waals surface area contributed by atoms with Crippen molar-refractivity contribution in [3.63, 3.8) is 0 Å². The lowest BCUT2D eigenvalue weighted by Crippen LogP contribution is -2.51. The lowest BCUT2D eigenvalue weighted by atomic mass is 9.82. The summed E-state index contributed by atoms with van der Waals surface area (Å²) in [6, 6.07) is 15.8. The Labute approximate surface area is 234 Å². The van der Waals surface area contributed by atoms with Crippen molar-refractivity contribution < 1.29 is 17.9 Å². The van der Waals surface area contributed by atoms with Crippen LogP contribution in [0.2, 0.25) is 0 Å². The molecule has 0 radical (unpaired) electrons. The lowest BCUT2D eigenvalue weighted by Gasteiger charge is -2.45. The molecule has 1 aliphatic heterocycles. The fourth-order valence-electron chi connectivity index (χ4n) is 6.19. The second kappa shape index (κ2) is 13.7. The van der Waals surface area contributed by atoms with Crippen LogP contribution in [0.25, 0.3) is 0 Å². The first kappa shape index (κ1) is 29.4. The summed E-state index contributed by atoms with van der Waals surface area (Å²) < 4.78 is 31.2. The number of nitrogens with zero attached hydrogens (tertiary/aromatic N) is 1. The van der Waals surface area contributed by atoms with Gasteiger partial charge < -0.3 is 10.1 Å². The predicted molar refractivity (Wildman–Crippen MR) is 157 cm³/mol. The number of anilines is 1. The quantitative estimate of drug-likeness (QED) is 0.339. The molecular weight excluding hydrogens is 510 g/mol. The number of benzene rings is 2. The Hall–Kier alpha value is -2.58. The van der Waals surface area contributed by atoms with E-state index in [1.54, 1.807) is 24.3 Å². The topological polar surface area (TPSA) is 87.7 Å². The van der Waals surface area contributed by atoms with Crippen molar-refractivity contribution in [2.24, 2.45) is 11.8 Å². The summed E-state index contributed by atoms with van der Waals surface area (Å²) in [5.41, 5.74) is 1.73. The van der Waals surface area contributed by atoms with Gasteiger partial charge in [-0.1, -0.05) is 45.2 Å². The first-order chi connectivity index (χ1) is 18.7. The molecule has 214 valence electrons. The number of amides is 1. The highest BCUT2D eigenvalue weighted by Crippen LogP contribution is 2.33. The number of sulfonamides is 1. The lowest BCUT2D eigenvalue weighted by molar-refractivity contribution is -0.128. The van der Waals surface area contributed by atoms with Crippen molar-refractivity contribution >= 4 is 21.6 Å². The summed E-state index contributed by atoms with van der Waals surface area (Å²) in [6.07, 6.45) is 11.5. The Kier molecular flexibility index (Phi) is 10.3. The Morgan fingerprint density at radius 3 is 2.00 bits per heavy atom. The van der Waals surface area contributed by atoms with Crippen LogP contribution in [0.4, 0.5) is 5.69 Å². The second-order valence-corrected chi connectivity index (χ2v) is 13.1. The van der Waals surface area contributed by atoms with Gasteiger partial charge in [0.1, 0.15) is 11.5 Å². The minimum atomic E-state index is -3.31. The molecule has 8 heteroatoms. The molecule has 2 N–H and O–H groups in total. The van der Waals surface area contributed by atoms with Gasteiger partial charge in [-0.3, -0.25) is 14.4 Å². The highest BCUT2D eigenvalue weighted by atomic mass is 32.2. The number of ether oxygens (including phenoxy) is 1. The molecule has 1 aliphatic carbocycles. The standard InChI is InChI=1S/C31H45N3O4S/c1-4-27-19-25(31(35)32-21-23-9-7-6-8-10-23)20-28(5-2)34(27)22-24-11-15-29(16-12-24)38-30-17-13-26(14-18-30)33-39(3,36)37/h11-18,23,25,27-28,33H,4-10,19-22H2,1-3H3,(H,32,35)/t25-,27-,28+. The van der Waals surface area contributed by atoms with E-state index in [9.17, 15) is 13.2 Å². The van der Waals surface area contributed by atoms with E-state index in [1.807, 2.05) is 12.1 Å². The molecule has 1 amide bonds. The van der Waals surface area contributed by atoms with Crippen LogP contribution in [-0.4, -0.2) is 44.1 Å². The molecule has 0 spiro atoms. The van der Waals surface area contributed by atoms with Gasteiger partial charge in [-0.25, -0.2) is 8.42 Å². The van der Waals surface area contributed by atoms with Crippen molar-refractivity contribution in [2.45, 2.75) is 90.3 Å². The van der Waals surface area contributed by atoms with Gasteiger partial charge in [0.05, 0.1) is 6.26 Å². The first-order valence-electron chi connectivity index (χ1n) is 14.6. The smallest absolute Gasteiger partial charge is 0.229 e. The van der Waals surface area contributed by atoms with Crippen molar-refractivity contribution in [3.8, 4) is 11.5 Å². The Balaban J connectivity index is 1.32. The fraction of sp³-hybridized carbons (Fsp3) is 0.581. The molecule has 4 rings (SSSR count). The third-order valence-corrected chi connectivity index (χ3v) is 8.94. The molecule has 0 unspecified atom stereocenters. The SMILES string of the molecule is CC[C@@H]1C[C@@H](C(=O)NCC2CCCCC2)C[C@H](CC)N1Cc1ccc(Oc2ccc(NS(C)(=O)=O)cc2)cc1. The van der Waals surface area contributed by atoms with E-state index >= 15 is 0 Å². The largest absolute Gasteiger partial charge is 0.457 e. The maximum absolute atomic E-state index is 13.1. The average molecular weight is 556 g/mol. The minimum absolute atomic E-state index is 0.106. The van der Waals surface area contributed by atoms with Crippen molar-refractivity contribution in [1.82, 2.24) is 10.2 Å². The number of piperidine rings is 1. The summed E-state index contributed by atoms with van der Waals surface area (Å²) in [4.78, 5) is 15.7. The van der Waals surface area contributed by atoms with Crippen LogP contribution in [0, 0.1) is 11.8 Å². The van der Waals surface area contributed by atoms with Crippen LogP contribution < -0.4 is 14.8 Å². The maximum atomic E-state index is 13.1. The Morgan fingerprint density at radius 2 is 1.46 bits per heavy atom. The average Bonchev–Trinajstić information content (AvgIpc) is 2.93. The summed E-state index contributed by atoms with van der Waals surface area (Å²) in [5.74, 6) is 2.40. The molecule has 1 saturated heterocycles. The number of rotatable bonds is 11. The molecule has 3 atom stereocenters. The number of hydrogen-bond acceptors (Lipinski definition) is 5. The molecule has 1 saturated carbocycles. The summed E-state index contributed by atoms with van der Waals surface area (Å²) in [6.45, 7) is 6.18. The van der Waals surface area contributed by atoms with E-state index in [0.717, 1.165) is 50.8 Å². The van der Waals surface area contributed by atoms with E-state index in [0.29, 0.717) is 29.4 Å². The van der Waals surface area contributed by atoms with Crippen LogP contribution in [0.5, 0.6) is 11.5 Å². The van der Waals surface area contributed by atoms with E-state index in [4.69, 9.17) is 4.74 Å². The zero-order chi connectivity index (χ0) is 27.8. The van der Waals surface area contributed by atoms with Crippen LogP contribution in [0.3, 0.4) is 0 Å². The van der Waals surface area contributed by atoms with Crippen LogP contribution in [-0.2, 0) is 21.4 Å². The molecule has 7 nitrogen and oxygen atoms in total. The van der Waals surface area contributed by atoms with Gasteiger partial charge in [-0.15, -0.1) is 0 Å². The fourth-order valence-corrected chi connectivity index (χ4v) is 6.76. The van der Waals surface area contributed by atoms with E-state index in [2.05, 4.69) is 40.9 Å². The zero-order valence-corrected chi connectivity index (χ0v) is 24.5. The Morgan fingerprint density at radius 1 is 0.897 bits per heavy atom. The Bertz CT molecular complexity index is 1150. The second-order valence-electron chi connectivity index (χ2n) is 11.4. The summed E-state index contributed by atoms with van der Waals surface area (Å²) in [7, 11) is -3.31. The van der Waals surface area contributed by atoms with Gasteiger partial charge in [0.15, 0.2) is 0 Å². The van der Waals surface area contributed by atoms with Crippen LogP contribution >= 0.6 is 0 Å². The van der Waals surface area contributed by atoms with Gasteiger partial charge in [0.2, 0.25) is 15.9 Å². The van der Waals surface area contributed by atoms with Gasteiger partial charge >= 0.3 is 0 Å². The van der Waals surface area contributed by atoms with E-state index in [-0.39, 0.29) is 11.8 Å². The molecular formula is C31H45N3O4S. The van der Waals surface area contributed by atoms with Crippen LogP contribution in [0.15, 0.2) is 48.5 Å². The van der Waals surface area contributed by atoms with Gasteiger partial charge in [-0.05, 0) is 86.4 Å². The summed E-state index contributed by atoms with van der Waals surface area (Å²) >= 11 is 0. The number of nitrogens with one attached hydrogen (secondary N) is 2. The number of carbonyl (C=O) groups is 1. The number of carbonyl (C=O) groups excluding carboxylic acids is 1. The van der Waals surface area contributed by atoms with Crippen molar-refractivity contribution in [1.29, 1.82) is 0 Å². The molecule has 2 aliphatic rings. The van der Waals surface area contributed by atoms with Gasteiger partial charge in [0, 0.05) is 36.8 Å². The van der Waals surface area contributed by atoms with Crippen molar-refractivity contribution in [2.75, 3.05) is 17.5 Å². The molecule has 39 heavy (non-hydrogen) atoms. The van der Waals surface area contributed by atoms with E-state index in [1.165, 1.54) is 37.7 Å². The molecule has 0 aromatic heterocycles. The zero-order valence-electron chi connectivity index (χ0n) is 23.7. The molecule has 1 heterocycles. The number of hydrogen-bond donors (Lipinski definition) is 2. The highest BCUT2D eigenvalue weighted by Gasteiger charge is 2.37. The highest BCUT2D eigenvalue weighted by molar-refractivity contribution is 7.92. The molecule has 2 fully saturated rings. The molecule has 0 bridgehead atoms. The molecule has 2 aromatic rings. The third kappa shape index (κ3) is 8.70. The minimum Gasteiger partial charge on any atom is -0.457 e. The van der Waals surface area contributed by atoms with E-state index < -0.39 is 10.0 Å².